The monoisotopic (exact) mass is 383 g/mol. The molecular weight excluding hydrogens is 362 g/mol. The molecule has 0 spiro atoms. The molecule has 1 aromatic carbocycles. The molecule has 1 aliphatic carbocycles. The molecule has 0 unspecified atom stereocenters. The molecule has 5 rings (SSSR count). The predicted octanol–water partition coefficient (Wildman–Crippen LogP) is 2.54. The van der Waals surface area contributed by atoms with Crippen molar-refractivity contribution in [3.63, 3.8) is 0 Å². The Labute approximate surface area is 159 Å². The van der Waals surface area contributed by atoms with Crippen molar-refractivity contribution in [3.05, 3.63) is 59.4 Å². The highest BCUT2D eigenvalue weighted by molar-refractivity contribution is 7.89. The van der Waals surface area contributed by atoms with E-state index in [-0.39, 0.29) is 22.5 Å². The number of rotatable bonds is 3. The standard InChI is InChI=1S/C20H21N3O3S/c1-13-2-7-17(8-3-13)27(25,26)23-16-6-9-18(19(24)10-16)20(23)14-4-5-15(11-21)22-12-14/h2-5,7-8,12,16,18-20,24H,6,9-10H2,1H3/t16-,18+,19-,20+/m0/s1. The summed E-state index contributed by atoms with van der Waals surface area (Å²) in [6, 6.07) is 11.5. The Morgan fingerprint density at radius 1 is 1.19 bits per heavy atom. The van der Waals surface area contributed by atoms with Crippen LogP contribution < -0.4 is 0 Å². The second kappa shape index (κ2) is 6.71. The Balaban J connectivity index is 1.80. The largest absolute Gasteiger partial charge is 0.393 e. The summed E-state index contributed by atoms with van der Waals surface area (Å²) in [5.74, 6) is -0.176. The molecule has 2 aliphatic heterocycles. The summed E-state index contributed by atoms with van der Waals surface area (Å²) in [7, 11) is -3.72. The Morgan fingerprint density at radius 3 is 2.52 bits per heavy atom. The number of benzene rings is 1. The van der Waals surface area contributed by atoms with E-state index in [2.05, 4.69) is 4.98 Å². The van der Waals surface area contributed by atoms with Gasteiger partial charge in [-0.25, -0.2) is 13.4 Å². The van der Waals surface area contributed by atoms with E-state index in [1.165, 1.54) is 0 Å². The van der Waals surface area contributed by atoms with Crippen LogP contribution in [-0.4, -0.2) is 35.0 Å². The van der Waals surface area contributed by atoms with Crippen LogP contribution in [-0.2, 0) is 10.0 Å². The molecule has 27 heavy (non-hydrogen) atoms. The minimum absolute atomic E-state index is 0.176. The highest BCUT2D eigenvalue weighted by Crippen LogP contribution is 2.49. The number of nitriles is 1. The maximum atomic E-state index is 13.5. The topological polar surface area (TPSA) is 94.3 Å². The third kappa shape index (κ3) is 3.04. The van der Waals surface area contributed by atoms with Crippen molar-refractivity contribution in [2.24, 2.45) is 5.92 Å². The van der Waals surface area contributed by atoms with Crippen molar-refractivity contribution < 1.29 is 13.5 Å². The smallest absolute Gasteiger partial charge is 0.243 e. The van der Waals surface area contributed by atoms with Crippen LogP contribution in [0.1, 0.15) is 42.1 Å². The molecule has 2 aromatic rings. The minimum atomic E-state index is -3.72. The lowest BCUT2D eigenvalue weighted by Gasteiger charge is -2.52. The van der Waals surface area contributed by atoms with E-state index in [9.17, 15) is 13.5 Å². The van der Waals surface area contributed by atoms with Gasteiger partial charge in [0.2, 0.25) is 10.0 Å². The van der Waals surface area contributed by atoms with E-state index in [0.29, 0.717) is 6.42 Å². The van der Waals surface area contributed by atoms with Crippen molar-refractivity contribution >= 4 is 10.0 Å². The molecular formula is C20H21N3O3S. The van der Waals surface area contributed by atoms with E-state index < -0.39 is 22.2 Å². The predicted molar refractivity (Wildman–Crippen MR) is 99.0 cm³/mol. The summed E-state index contributed by atoms with van der Waals surface area (Å²) < 4.78 is 28.5. The number of nitrogens with zero attached hydrogens (tertiary/aromatic N) is 3. The van der Waals surface area contributed by atoms with Crippen LogP contribution >= 0.6 is 0 Å². The molecule has 140 valence electrons. The van der Waals surface area contributed by atoms with E-state index in [1.54, 1.807) is 46.9 Å². The van der Waals surface area contributed by atoms with Gasteiger partial charge in [-0.05, 0) is 49.9 Å². The number of aryl methyl sites for hydroxylation is 1. The number of aromatic nitrogens is 1. The fourth-order valence-corrected chi connectivity index (χ4v) is 6.27. The normalized spacial score (nSPS) is 28.0. The van der Waals surface area contributed by atoms with Crippen molar-refractivity contribution in [2.45, 2.75) is 49.3 Å². The van der Waals surface area contributed by atoms with Crippen LogP contribution in [0, 0.1) is 24.2 Å². The third-order valence-corrected chi connectivity index (χ3v) is 7.67. The lowest BCUT2D eigenvalue weighted by Crippen LogP contribution is -2.57. The van der Waals surface area contributed by atoms with Crippen LogP contribution in [0.4, 0.5) is 0 Å². The van der Waals surface area contributed by atoms with E-state index >= 15 is 0 Å². The summed E-state index contributed by atoms with van der Waals surface area (Å²) in [5.41, 5.74) is 2.00. The van der Waals surface area contributed by atoms with Crippen LogP contribution in [0.2, 0.25) is 0 Å². The number of piperidine rings is 2. The Morgan fingerprint density at radius 2 is 1.93 bits per heavy atom. The first-order chi connectivity index (χ1) is 12.9. The molecule has 7 heteroatoms. The van der Waals surface area contributed by atoms with Crippen LogP contribution in [0.25, 0.3) is 0 Å². The molecule has 0 amide bonds. The molecule has 2 bridgehead atoms. The zero-order chi connectivity index (χ0) is 19.2. The van der Waals surface area contributed by atoms with Crippen molar-refractivity contribution in [3.8, 4) is 6.07 Å². The molecule has 3 heterocycles. The third-order valence-electron chi connectivity index (χ3n) is 5.72. The lowest BCUT2D eigenvalue weighted by atomic mass is 9.72. The first kappa shape index (κ1) is 18.1. The summed E-state index contributed by atoms with van der Waals surface area (Å²) >= 11 is 0. The quantitative estimate of drug-likeness (QED) is 0.879. The molecule has 6 nitrogen and oxygen atoms in total. The average molecular weight is 383 g/mol. The average Bonchev–Trinajstić information content (AvgIpc) is 2.68. The van der Waals surface area contributed by atoms with Gasteiger partial charge < -0.3 is 5.11 Å². The first-order valence-corrected chi connectivity index (χ1v) is 10.5. The van der Waals surface area contributed by atoms with Crippen molar-refractivity contribution in [2.75, 3.05) is 0 Å². The van der Waals surface area contributed by atoms with Gasteiger partial charge in [-0.3, -0.25) is 0 Å². The van der Waals surface area contributed by atoms with Crippen molar-refractivity contribution in [1.82, 2.24) is 9.29 Å². The number of aliphatic hydroxyl groups is 1. The second-order valence-electron chi connectivity index (χ2n) is 7.38. The highest BCUT2D eigenvalue weighted by atomic mass is 32.2. The minimum Gasteiger partial charge on any atom is -0.393 e. The van der Waals surface area contributed by atoms with Gasteiger partial charge in [-0.15, -0.1) is 0 Å². The summed E-state index contributed by atoms with van der Waals surface area (Å²) in [4.78, 5) is 4.38. The van der Waals surface area contributed by atoms with Gasteiger partial charge >= 0.3 is 0 Å². The van der Waals surface area contributed by atoms with E-state index in [0.717, 1.165) is 24.0 Å². The van der Waals surface area contributed by atoms with Gasteiger partial charge in [0.15, 0.2) is 0 Å². The first-order valence-electron chi connectivity index (χ1n) is 9.06. The zero-order valence-electron chi connectivity index (χ0n) is 15.0. The molecule has 2 saturated heterocycles. The molecule has 0 radical (unpaired) electrons. The summed E-state index contributed by atoms with van der Waals surface area (Å²) in [6.45, 7) is 1.92. The Kier molecular flexibility index (Phi) is 4.50. The Hall–Kier alpha value is -2.27. The molecule has 4 atom stereocenters. The van der Waals surface area contributed by atoms with Crippen LogP contribution in [0.15, 0.2) is 47.5 Å². The molecule has 1 N–H and O–H groups in total. The van der Waals surface area contributed by atoms with Gasteiger partial charge in [0, 0.05) is 18.2 Å². The van der Waals surface area contributed by atoms with E-state index in [1.807, 2.05) is 13.0 Å². The lowest BCUT2D eigenvalue weighted by molar-refractivity contribution is -0.0538. The van der Waals surface area contributed by atoms with Gasteiger partial charge in [-0.2, -0.15) is 9.57 Å². The fourth-order valence-electron chi connectivity index (χ4n) is 4.38. The maximum Gasteiger partial charge on any atom is 0.243 e. The van der Waals surface area contributed by atoms with Crippen molar-refractivity contribution in [1.29, 1.82) is 5.26 Å². The highest BCUT2D eigenvalue weighted by Gasteiger charge is 2.52. The summed E-state index contributed by atoms with van der Waals surface area (Å²) in [6.07, 6.45) is 3.00. The number of hydrogen-bond acceptors (Lipinski definition) is 5. The van der Waals surface area contributed by atoms with Gasteiger partial charge in [0.25, 0.3) is 0 Å². The second-order valence-corrected chi connectivity index (χ2v) is 9.22. The SMILES string of the molecule is Cc1ccc(S(=O)(=O)N2[C@H]3CC[C@@H]([C@H]2c2ccc(C#N)nc2)[C@@H](O)C3)cc1. The van der Waals surface area contributed by atoms with Gasteiger partial charge in [-0.1, -0.05) is 23.8 Å². The van der Waals surface area contributed by atoms with Crippen LogP contribution in [0.5, 0.6) is 0 Å². The molecule has 3 fully saturated rings. The number of pyridine rings is 1. The number of aliphatic hydroxyl groups excluding tert-OH is 1. The van der Waals surface area contributed by atoms with Crippen LogP contribution in [0.3, 0.4) is 0 Å². The molecule has 3 aliphatic rings. The fraction of sp³-hybridized carbons (Fsp3) is 0.400. The number of fused-ring (bicyclic) bond motifs is 3. The van der Waals surface area contributed by atoms with E-state index in [4.69, 9.17) is 5.26 Å². The summed E-state index contributed by atoms with van der Waals surface area (Å²) in [5, 5.41) is 19.5. The molecule has 1 saturated carbocycles. The van der Waals surface area contributed by atoms with Gasteiger partial charge in [0.05, 0.1) is 17.0 Å². The number of sulfonamides is 1. The molecule has 1 aromatic heterocycles. The zero-order valence-corrected chi connectivity index (χ0v) is 15.8. The van der Waals surface area contributed by atoms with Gasteiger partial charge in [0.1, 0.15) is 11.8 Å². The number of hydrogen-bond donors (Lipinski definition) is 1. The Bertz CT molecular complexity index is 981. The maximum absolute atomic E-state index is 13.5.